The Morgan fingerprint density at radius 2 is 1.19 bits per heavy atom. The van der Waals surface area contributed by atoms with E-state index in [0.717, 1.165) is 12.8 Å². The summed E-state index contributed by atoms with van der Waals surface area (Å²) in [5, 5.41) is 0. The Balaban J connectivity index is -0.000000137. The minimum Gasteiger partial charge on any atom is -0.744 e. The number of rotatable bonds is 7. The van der Waals surface area contributed by atoms with Crippen molar-refractivity contribution in [1.82, 2.24) is 0 Å². The largest absolute Gasteiger partial charge is 0.744 e. The number of hydrogen-bond acceptors (Lipinski definition) is 14. The van der Waals surface area contributed by atoms with Crippen LogP contribution in [0, 0.1) is 11.8 Å². The molecule has 0 radical (unpaired) electrons. The molecule has 0 bridgehead atoms. The zero-order chi connectivity index (χ0) is 43.6. The Labute approximate surface area is 313 Å². The van der Waals surface area contributed by atoms with Crippen LogP contribution in [0.15, 0.2) is 0 Å². The van der Waals surface area contributed by atoms with Crippen molar-refractivity contribution >= 4 is 74.0 Å². The van der Waals surface area contributed by atoms with Gasteiger partial charge < -0.3 is 54.9 Å². The molecule has 1 heterocycles. The molecule has 0 saturated carbocycles. The summed E-state index contributed by atoms with van der Waals surface area (Å²) in [5.41, 5.74) is -16.8. The van der Waals surface area contributed by atoms with Crippen LogP contribution in [0.3, 0.4) is 0 Å². The minimum atomic E-state index is -6.82. The van der Waals surface area contributed by atoms with Gasteiger partial charge >= 0.3 is 70.5 Å². The predicted octanol–water partition coefficient (Wildman–Crippen LogP) is 2.25. The van der Waals surface area contributed by atoms with Gasteiger partial charge in [-0.1, -0.05) is 34.1 Å². The molecule has 18 nitrogen and oxygen atoms in total. The highest BCUT2D eigenvalue weighted by Gasteiger charge is 2.64. The Kier molecular flexibility index (Phi) is 27.6. The Bertz CT molecular complexity index is 1340. The lowest BCUT2D eigenvalue weighted by Gasteiger charge is -2.58. The van der Waals surface area contributed by atoms with Gasteiger partial charge in [-0.3, -0.25) is 4.55 Å². The third kappa shape index (κ3) is 26.6. The molecular weight excluding hydrogens is 924 g/mol. The highest BCUT2D eigenvalue weighted by molar-refractivity contribution is 8.09. The second-order valence-electron chi connectivity index (χ2n) is 11.8. The van der Waals surface area contributed by atoms with E-state index in [4.69, 9.17) is 48.6 Å². The van der Waals surface area contributed by atoms with Crippen molar-refractivity contribution < 1.29 is 120 Å². The molecule has 10 N–H and O–H groups in total. The third-order valence-corrected chi connectivity index (χ3v) is 22.1. The van der Waals surface area contributed by atoms with E-state index in [1.165, 1.54) is 26.2 Å². The number of hydrogen-bond donors (Lipinski definition) is 4. The lowest BCUT2D eigenvalue weighted by Crippen LogP contribution is -2.68. The molecule has 0 spiro atoms. The Morgan fingerprint density at radius 3 is 1.31 bits per heavy atom. The quantitative estimate of drug-likeness (QED) is 0.0934. The Morgan fingerprint density at radius 1 is 0.889 bits per heavy atom. The van der Waals surface area contributed by atoms with Gasteiger partial charge in [0.05, 0.1) is 0 Å². The van der Waals surface area contributed by atoms with Crippen molar-refractivity contribution in [2.75, 3.05) is 0 Å². The van der Waals surface area contributed by atoms with Crippen LogP contribution in [-0.4, -0.2) is 110 Å². The Hall–Kier alpha value is -0.336. The van der Waals surface area contributed by atoms with Crippen molar-refractivity contribution in [1.29, 1.82) is 0 Å². The van der Waals surface area contributed by atoms with Gasteiger partial charge in [0.25, 0.3) is 0 Å². The summed E-state index contributed by atoms with van der Waals surface area (Å²) in [6.07, 6.45) is 1.91. The van der Waals surface area contributed by atoms with E-state index in [2.05, 4.69) is 28.5 Å². The zero-order valence-corrected chi connectivity index (χ0v) is 38.3. The van der Waals surface area contributed by atoms with Crippen LogP contribution >= 0.6 is 0 Å². The molecule has 1 aliphatic heterocycles. The smallest absolute Gasteiger partial charge is 0.522 e. The van der Waals surface area contributed by atoms with Crippen LogP contribution < -0.4 is 0 Å². The first-order chi connectivity index (χ1) is 22.1. The van der Waals surface area contributed by atoms with E-state index in [1.807, 2.05) is 6.92 Å². The molecule has 1 fully saturated rings. The van der Waals surface area contributed by atoms with Crippen LogP contribution in [0.5, 0.6) is 0 Å². The van der Waals surface area contributed by atoms with Crippen molar-refractivity contribution in [2.24, 2.45) is 11.8 Å². The van der Waals surface area contributed by atoms with Crippen LogP contribution in [0.25, 0.3) is 0 Å². The molecule has 35 heteroatoms. The van der Waals surface area contributed by atoms with Crippen LogP contribution in [0.4, 0.5) is 39.5 Å². The maximum atomic E-state index is 12.6. The topological polar surface area (TPSA) is 332 Å². The normalized spacial score (nSPS) is 20.6. The van der Waals surface area contributed by atoms with Gasteiger partial charge in [-0.15, -0.1) is 0 Å². The van der Waals surface area contributed by atoms with Gasteiger partial charge in [0.1, 0.15) is 9.91 Å². The highest BCUT2D eigenvalue weighted by Crippen LogP contribution is 2.50. The van der Waals surface area contributed by atoms with Crippen molar-refractivity contribution in [3.05, 3.63) is 0 Å². The standard InChI is InChI=1S/C9H20O2Si.C5H13F3O5SSi2.C3H12O3Si2.2CHF3O3S.2H2O/c1-5-7(3)8(4)9(6-2)12(10)11;1-15(2)11-14(9,10,5(6,7)8)12-16(3,4)13-15;1-7(4)6-8(2,3)5;2*2-1(3,4)8(5,6)7;;/h7-10H,5-6H2,1-4H3;1-4H3,(H,9,10);4-5,7H,1-3H3;2*(H,5,6,7);2*1H2/t7-,8-,9+;;;;;;/m1....../s1. The van der Waals surface area contributed by atoms with E-state index in [0.29, 0.717) is 11.8 Å². The summed E-state index contributed by atoms with van der Waals surface area (Å²) >= 11 is 0. The second kappa shape index (κ2) is 22.7. The summed E-state index contributed by atoms with van der Waals surface area (Å²) in [6, 6.07) is 0. The molecular formula is C19H51F9O18S3Si5. The molecule has 4 atom stereocenters. The van der Waals surface area contributed by atoms with Crippen LogP contribution in [0.2, 0.25) is 51.4 Å². The molecule has 0 aliphatic carbocycles. The van der Waals surface area contributed by atoms with Gasteiger partial charge in [-0.05, 0) is 64.1 Å². The predicted molar refractivity (Wildman–Crippen MR) is 184 cm³/mol. The lowest BCUT2D eigenvalue weighted by molar-refractivity contribution is -0.0815. The summed E-state index contributed by atoms with van der Waals surface area (Å²) < 4.78 is 206. The molecule has 0 amide bonds. The van der Waals surface area contributed by atoms with Gasteiger partial charge in [0.15, 0.2) is 10.1 Å². The molecule has 336 valence electrons. The zero-order valence-electron chi connectivity index (χ0n) is 30.7. The fourth-order valence-corrected chi connectivity index (χ4v) is 20.2. The van der Waals surface area contributed by atoms with Crippen LogP contribution in [0.1, 0.15) is 40.5 Å². The summed E-state index contributed by atoms with van der Waals surface area (Å²) in [6.45, 7) is 18.1. The van der Waals surface area contributed by atoms with E-state index in [-0.39, 0.29) is 16.5 Å². The van der Waals surface area contributed by atoms with Gasteiger partial charge in [0, 0.05) is 5.54 Å². The third-order valence-electron chi connectivity index (χ3n) is 5.53. The molecule has 1 saturated heterocycles. The highest BCUT2D eigenvalue weighted by atomic mass is 32.3. The molecule has 1 unspecified atom stereocenters. The van der Waals surface area contributed by atoms with Crippen molar-refractivity contribution in [2.45, 2.75) is 108 Å². The first-order valence-corrected chi connectivity index (χ1v) is 30.7. The maximum absolute atomic E-state index is 12.6. The average Bonchev–Trinajstić information content (AvgIpc) is 2.77. The average molecular weight is 975 g/mol. The van der Waals surface area contributed by atoms with E-state index >= 15 is 0 Å². The molecule has 1 aliphatic rings. The van der Waals surface area contributed by atoms with Gasteiger partial charge in [-0.2, -0.15) is 47.9 Å². The van der Waals surface area contributed by atoms with Crippen LogP contribution in [-0.2, 0) is 61.5 Å². The maximum Gasteiger partial charge on any atom is 0.522 e. The van der Waals surface area contributed by atoms with Crippen molar-refractivity contribution in [3.63, 3.8) is 0 Å². The summed E-state index contributed by atoms with van der Waals surface area (Å²) in [7, 11) is -32.3. The molecule has 54 heavy (non-hydrogen) atoms. The SMILES string of the molecule is CC[C@@H](C)[C@@H](C)[C@H](CC)[Si](=O)O.C[SiH](O)O[Si](C)(C)O.C[Si]1(C)O[Si](C)(C)OS(=O)([O-])(C(F)(F)F)O1.O=S(=O)(O)C(F)(F)F.O=S(=O)([O-])C(F)(F)F.[OH3+].[OH3+]. The summed E-state index contributed by atoms with van der Waals surface area (Å²) in [5.74, 6) is 0.924. The monoisotopic (exact) mass is 974 g/mol. The minimum absolute atomic E-state index is 0. The van der Waals surface area contributed by atoms with Gasteiger partial charge in [0.2, 0.25) is 0 Å². The lowest BCUT2D eigenvalue weighted by atomic mass is 9.89. The number of alkyl halides is 9. The molecule has 0 aromatic rings. The van der Waals surface area contributed by atoms with Crippen molar-refractivity contribution in [3.8, 4) is 0 Å². The molecule has 0 aromatic heterocycles. The van der Waals surface area contributed by atoms with E-state index in [9.17, 15) is 52.7 Å². The van der Waals surface area contributed by atoms with E-state index < -0.39 is 90.6 Å². The molecule has 0 aromatic carbocycles. The first kappa shape index (κ1) is 65.5. The second-order valence-corrected chi connectivity index (χ2v) is 30.8. The number of halogens is 9. The fraction of sp³-hybridized carbons (Fsp3) is 1.00. The molecule has 1 rings (SSSR count). The van der Waals surface area contributed by atoms with E-state index in [1.54, 1.807) is 19.6 Å². The fourth-order valence-electron chi connectivity index (χ4n) is 3.39. The first-order valence-electron chi connectivity index (χ1n) is 14.1. The van der Waals surface area contributed by atoms with Gasteiger partial charge in [-0.25, -0.2) is 12.6 Å². The summed E-state index contributed by atoms with van der Waals surface area (Å²) in [4.78, 5) is 26.7.